The molecule has 18 heavy (non-hydrogen) atoms. The Kier molecular flexibility index (Phi) is 7.62. The molecule has 0 bridgehead atoms. The summed E-state index contributed by atoms with van der Waals surface area (Å²) in [5.41, 5.74) is 1.11. The van der Waals surface area contributed by atoms with Crippen molar-refractivity contribution in [1.29, 1.82) is 0 Å². The number of benzene rings is 1. The molecule has 1 rings (SSSR count). The third-order valence-corrected chi connectivity index (χ3v) is 4.17. The van der Waals surface area contributed by atoms with Gasteiger partial charge < -0.3 is 0 Å². The van der Waals surface area contributed by atoms with E-state index < -0.39 is 0 Å². The molecule has 4 heteroatoms. The highest BCUT2D eigenvalue weighted by atomic mass is 79.9. The molecule has 0 saturated carbocycles. The zero-order valence-corrected chi connectivity index (χ0v) is 14.0. The number of rotatable bonds is 7. The Balaban J connectivity index is 2.85. The molecular weight excluding hydrogens is 333 g/mol. The average molecular weight is 353 g/mol. The van der Waals surface area contributed by atoms with Gasteiger partial charge in [0.05, 0.1) is 0 Å². The maximum absolute atomic E-state index is 6.23. The van der Waals surface area contributed by atoms with E-state index in [9.17, 15) is 0 Å². The number of hydrogen-bond acceptors (Lipinski definition) is 1. The van der Waals surface area contributed by atoms with Crippen LogP contribution < -0.4 is 0 Å². The normalized spacial score (nSPS) is 11.5. The molecular formula is C14H20BrCl2N. The molecule has 0 atom stereocenters. The zero-order chi connectivity index (χ0) is 13.5. The van der Waals surface area contributed by atoms with Crippen molar-refractivity contribution in [2.45, 2.75) is 39.3 Å². The van der Waals surface area contributed by atoms with Gasteiger partial charge in [-0.05, 0) is 36.6 Å². The molecule has 0 amide bonds. The number of hydrogen-bond donors (Lipinski definition) is 0. The fourth-order valence-electron chi connectivity index (χ4n) is 2.19. The van der Waals surface area contributed by atoms with Crippen LogP contribution >= 0.6 is 39.1 Å². The van der Waals surface area contributed by atoms with Gasteiger partial charge in [-0.1, -0.05) is 53.0 Å². The van der Waals surface area contributed by atoms with E-state index in [2.05, 4.69) is 34.7 Å². The second kappa shape index (κ2) is 8.42. The van der Waals surface area contributed by atoms with Crippen LogP contribution in [0.15, 0.2) is 18.2 Å². The zero-order valence-electron chi connectivity index (χ0n) is 10.9. The Labute approximate surface area is 129 Å². The van der Waals surface area contributed by atoms with E-state index in [1.165, 1.54) is 0 Å². The molecule has 0 aliphatic heterocycles. The van der Waals surface area contributed by atoms with E-state index in [0.717, 1.165) is 46.9 Å². The van der Waals surface area contributed by atoms with Gasteiger partial charge in [-0.2, -0.15) is 0 Å². The van der Waals surface area contributed by atoms with Crippen LogP contribution in [0.4, 0.5) is 0 Å². The van der Waals surface area contributed by atoms with E-state index in [1.807, 2.05) is 18.2 Å². The fraction of sp³-hybridized carbons (Fsp3) is 0.571. The lowest BCUT2D eigenvalue weighted by Crippen LogP contribution is -2.35. The van der Waals surface area contributed by atoms with Gasteiger partial charge in [0, 0.05) is 34.5 Å². The van der Waals surface area contributed by atoms with Gasteiger partial charge >= 0.3 is 0 Å². The molecule has 0 fully saturated rings. The van der Waals surface area contributed by atoms with Gasteiger partial charge in [0.25, 0.3) is 0 Å². The quantitative estimate of drug-likeness (QED) is 0.595. The monoisotopic (exact) mass is 351 g/mol. The standard InChI is InChI=1S/C14H20BrCl2N/c1-3-13(4-2)18(8-7-15)10-11-9-12(16)5-6-14(11)17/h5-6,9,13H,3-4,7-8,10H2,1-2H3. The van der Waals surface area contributed by atoms with Gasteiger partial charge in [0.1, 0.15) is 0 Å². The molecule has 1 nitrogen and oxygen atoms in total. The van der Waals surface area contributed by atoms with Crippen molar-refractivity contribution in [2.24, 2.45) is 0 Å². The van der Waals surface area contributed by atoms with E-state index in [1.54, 1.807) is 0 Å². The van der Waals surface area contributed by atoms with Crippen LogP contribution in [0.1, 0.15) is 32.3 Å². The van der Waals surface area contributed by atoms with Crippen LogP contribution in [0.3, 0.4) is 0 Å². The topological polar surface area (TPSA) is 3.24 Å². The van der Waals surface area contributed by atoms with Crippen molar-refractivity contribution < 1.29 is 0 Å². The molecule has 1 aromatic rings. The summed E-state index contributed by atoms with van der Waals surface area (Å²) in [7, 11) is 0. The van der Waals surface area contributed by atoms with Crippen LogP contribution in [0, 0.1) is 0 Å². The fourth-order valence-corrected chi connectivity index (χ4v) is 3.02. The first kappa shape index (κ1) is 16.3. The van der Waals surface area contributed by atoms with Crippen molar-refractivity contribution in [2.75, 3.05) is 11.9 Å². The summed E-state index contributed by atoms with van der Waals surface area (Å²) in [6, 6.07) is 6.27. The summed E-state index contributed by atoms with van der Waals surface area (Å²) in [6.45, 7) is 6.34. The van der Waals surface area contributed by atoms with Gasteiger partial charge in [0.15, 0.2) is 0 Å². The third-order valence-electron chi connectivity index (χ3n) is 3.21. The Hall–Kier alpha value is 0.240. The lowest BCUT2D eigenvalue weighted by atomic mass is 10.1. The van der Waals surface area contributed by atoms with Gasteiger partial charge in [-0.25, -0.2) is 0 Å². The molecule has 0 heterocycles. The molecule has 0 N–H and O–H groups in total. The summed E-state index contributed by atoms with van der Waals surface area (Å²) >= 11 is 15.8. The first-order valence-electron chi connectivity index (χ1n) is 6.36. The lowest BCUT2D eigenvalue weighted by Gasteiger charge is -2.30. The van der Waals surface area contributed by atoms with E-state index in [0.29, 0.717) is 6.04 Å². The molecule has 102 valence electrons. The maximum atomic E-state index is 6.23. The minimum Gasteiger partial charge on any atom is -0.295 e. The first-order valence-corrected chi connectivity index (χ1v) is 8.24. The van der Waals surface area contributed by atoms with E-state index >= 15 is 0 Å². The minimum absolute atomic E-state index is 0.595. The summed E-state index contributed by atoms with van der Waals surface area (Å²) < 4.78 is 0. The summed E-state index contributed by atoms with van der Waals surface area (Å²) in [6.07, 6.45) is 2.31. The lowest BCUT2D eigenvalue weighted by molar-refractivity contribution is 0.189. The van der Waals surface area contributed by atoms with Crippen molar-refractivity contribution in [3.05, 3.63) is 33.8 Å². The molecule has 0 spiro atoms. The molecule has 1 aromatic carbocycles. The minimum atomic E-state index is 0.595. The Morgan fingerprint density at radius 3 is 2.44 bits per heavy atom. The second-order valence-corrected chi connectivity index (χ2v) is 6.00. The van der Waals surface area contributed by atoms with Gasteiger partial charge in [-0.3, -0.25) is 4.90 Å². The molecule has 0 radical (unpaired) electrons. The highest BCUT2D eigenvalue weighted by molar-refractivity contribution is 9.09. The van der Waals surface area contributed by atoms with Crippen molar-refractivity contribution in [1.82, 2.24) is 4.90 Å². The summed E-state index contributed by atoms with van der Waals surface area (Å²) in [5, 5.41) is 2.52. The molecule has 0 aliphatic rings. The van der Waals surface area contributed by atoms with E-state index in [-0.39, 0.29) is 0 Å². The predicted molar refractivity (Wildman–Crippen MR) is 85.0 cm³/mol. The summed E-state index contributed by atoms with van der Waals surface area (Å²) in [5.74, 6) is 0. The Morgan fingerprint density at radius 2 is 1.89 bits per heavy atom. The predicted octanol–water partition coefficient (Wildman–Crippen LogP) is 5.38. The highest BCUT2D eigenvalue weighted by Gasteiger charge is 2.16. The van der Waals surface area contributed by atoms with Crippen molar-refractivity contribution in [3.63, 3.8) is 0 Å². The largest absolute Gasteiger partial charge is 0.295 e. The smallest absolute Gasteiger partial charge is 0.0452 e. The molecule has 0 saturated heterocycles. The van der Waals surface area contributed by atoms with Crippen LogP contribution in [-0.2, 0) is 6.54 Å². The number of nitrogens with zero attached hydrogens (tertiary/aromatic N) is 1. The van der Waals surface area contributed by atoms with Crippen LogP contribution in [-0.4, -0.2) is 22.8 Å². The SMILES string of the molecule is CCC(CC)N(CCBr)Cc1cc(Cl)ccc1Cl. The molecule has 0 aliphatic carbocycles. The van der Waals surface area contributed by atoms with Crippen LogP contribution in [0.2, 0.25) is 10.0 Å². The second-order valence-electron chi connectivity index (χ2n) is 4.37. The van der Waals surface area contributed by atoms with Crippen molar-refractivity contribution >= 4 is 39.1 Å². The third kappa shape index (κ3) is 4.73. The number of alkyl halides is 1. The molecule has 0 aromatic heterocycles. The number of halogens is 3. The Morgan fingerprint density at radius 1 is 1.22 bits per heavy atom. The highest BCUT2D eigenvalue weighted by Crippen LogP contribution is 2.23. The maximum Gasteiger partial charge on any atom is 0.0452 e. The van der Waals surface area contributed by atoms with Crippen LogP contribution in [0.25, 0.3) is 0 Å². The van der Waals surface area contributed by atoms with Crippen LogP contribution in [0.5, 0.6) is 0 Å². The van der Waals surface area contributed by atoms with E-state index in [4.69, 9.17) is 23.2 Å². The first-order chi connectivity index (χ1) is 8.62. The Bertz CT molecular complexity index is 367. The molecule has 0 unspecified atom stereocenters. The average Bonchev–Trinajstić information content (AvgIpc) is 2.35. The van der Waals surface area contributed by atoms with Gasteiger partial charge in [0.2, 0.25) is 0 Å². The van der Waals surface area contributed by atoms with Gasteiger partial charge in [-0.15, -0.1) is 0 Å². The summed E-state index contributed by atoms with van der Waals surface area (Å²) in [4.78, 5) is 2.46. The van der Waals surface area contributed by atoms with Crippen molar-refractivity contribution in [3.8, 4) is 0 Å².